The van der Waals surface area contributed by atoms with Gasteiger partial charge in [-0.3, -0.25) is 14.6 Å². The lowest BCUT2D eigenvalue weighted by Gasteiger charge is -2.31. The number of carbonyl (C=O) groups is 2. The second kappa shape index (κ2) is 6.39. The van der Waals surface area contributed by atoms with Crippen molar-refractivity contribution in [1.82, 2.24) is 9.99 Å². The first-order chi connectivity index (χ1) is 11.1. The van der Waals surface area contributed by atoms with Crippen LogP contribution >= 0.6 is 0 Å². The van der Waals surface area contributed by atoms with Crippen molar-refractivity contribution in [3.63, 3.8) is 0 Å². The zero-order chi connectivity index (χ0) is 16.2. The first kappa shape index (κ1) is 14.9. The quantitative estimate of drug-likeness (QED) is 0.809. The molecule has 1 fully saturated rings. The Balaban J connectivity index is 1.72. The van der Waals surface area contributed by atoms with Crippen molar-refractivity contribution in [2.75, 3.05) is 18.0 Å². The van der Waals surface area contributed by atoms with Crippen LogP contribution in [0.4, 0.5) is 5.69 Å². The van der Waals surface area contributed by atoms with Gasteiger partial charge in [0.1, 0.15) is 13.1 Å². The number of aromatic nitrogens is 1. The summed E-state index contributed by atoms with van der Waals surface area (Å²) < 4.78 is 0. The van der Waals surface area contributed by atoms with Gasteiger partial charge in [-0.15, -0.1) is 0 Å². The van der Waals surface area contributed by atoms with Crippen molar-refractivity contribution >= 4 is 23.7 Å². The molecule has 0 spiro atoms. The molecule has 6 nitrogen and oxygen atoms in total. The number of hydrogen-bond acceptors (Lipinski definition) is 4. The molecule has 0 atom stereocenters. The Morgan fingerprint density at radius 3 is 2.39 bits per heavy atom. The third-order valence-electron chi connectivity index (χ3n) is 3.57. The molecule has 0 bridgehead atoms. The molecule has 1 aliphatic heterocycles. The summed E-state index contributed by atoms with van der Waals surface area (Å²) in [5.41, 5.74) is 2.65. The van der Waals surface area contributed by atoms with E-state index >= 15 is 0 Å². The number of benzene rings is 1. The average Bonchev–Trinajstić information content (AvgIpc) is 2.57. The molecule has 2 heterocycles. The van der Waals surface area contributed by atoms with Gasteiger partial charge in [0.25, 0.3) is 5.91 Å². The summed E-state index contributed by atoms with van der Waals surface area (Å²) in [5, 5.41) is 5.31. The normalized spacial score (nSPS) is 15.5. The van der Waals surface area contributed by atoms with E-state index in [-0.39, 0.29) is 24.9 Å². The molecular weight excluding hydrogens is 292 g/mol. The molecule has 1 aliphatic rings. The monoisotopic (exact) mass is 308 g/mol. The minimum Gasteiger partial charge on any atom is -0.301 e. The van der Waals surface area contributed by atoms with E-state index in [1.807, 2.05) is 31.2 Å². The van der Waals surface area contributed by atoms with Gasteiger partial charge in [0.15, 0.2) is 0 Å². The van der Waals surface area contributed by atoms with Gasteiger partial charge in [-0.25, -0.2) is 5.01 Å². The van der Waals surface area contributed by atoms with Crippen LogP contribution in [0.3, 0.4) is 0 Å². The van der Waals surface area contributed by atoms with Crippen LogP contribution in [0.5, 0.6) is 0 Å². The molecule has 6 heteroatoms. The number of pyridine rings is 1. The zero-order valence-electron chi connectivity index (χ0n) is 12.7. The predicted molar refractivity (Wildman–Crippen MR) is 87.1 cm³/mol. The Hall–Kier alpha value is -3.02. The van der Waals surface area contributed by atoms with Crippen LogP contribution in [-0.4, -0.2) is 41.1 Å². The summed E-state index contributed by atoms with van der Waals surface area (Å²) in [6.07, 6.45) is 4.84. The number of carbonyl (C=O) groups excluding carboxylic acids is 2. The van der Waals surface area contributed by atoms with E-state index in [1.165, 1.54) is 9.91 Å². The molecule has 0 unspecified atom stereocenters. The molecule has 1 aromatic heterocycles. The number of hydrazone groups is 1. The number of hydrogen-bond donors (Lipinski definition) is 0. The molecule has 116 valence electrons. The molecule has 1 saturated heterocycles. The standard InChI is InChI=1S/C17H16N4O2/c1-13-2-4-15(5-3-13)20-11-17(23)21(12-16(20)22)19-10-14-6-8-18-9-7-14/h2-10H,11-12H2,1H3/b19-10-. The number of aryl methyl sites for hydroxylation is 1. The summed E-state index contributed by atoms with van der Waals surface area (Å²) in [6, 6.07) is 11.1. The summed E-state index contributed by atoms with van der Waals surface area (Å²) in [7, 11) is 0. The number of rotatable bonds is 3. The molecule has 1 aromatic carbocycles. The van der Waals surface area contributed by atoms with Gasteiger partial charge in [-0.2, -0.15) is 5.10 Å². The van der Waals surface area contributed by atoms with E-state index in [0.717, 1.165) is 16.8 Å². The van der Waals surface area contributed by atoms with Gasteiger partial charge in [0, 0.05) is 18.1 Å². The highest BCUT2D eigenvalue weighted by Crippen LogP contribution is 2.18. The highest BCUT2D eigenvalue weighted by molar-refractivity contribution is 6.04. The molecule has 0 radical (unpaired) electrons. The number of nitrogens with zero attached hydrogens (tertiary/aromatic N) is 4. The zero-order valence-corrected chi connectivity index (χ0v) is 12.7. The first-order valence-electron chi connectivity index (χ1n) is 7.25. The van der Waals surface area contributed by atoms with Crippen molar-refractivity contribution in [2.45, 2.75) is 6.92 Å². The fraction of sp³-hybridized carbons (Fsp3) is 0.176. The second-order valence-electron chi connectivity index (χ2n) is 5.29. The van der Waals surface area contributed by atoms with E-state index in [4.69, 9.17) is 0 Å². The first-order valence-corrected chi connectivity index (χ1v) is 7.25. The Morgan fingerprint density at radius 1 is 1.00 bits per heavy atom. The Labute approximate surface area is 134 Å². The molecular formula is C17H16N4O2. The van der Waals surface area contributed by atoms with Crippen LogP contribution in [0.2, 0.25) is 0 Å². The Morgan fingerprint density at radius 2 is 1.70 bits per heavy atom. The number of piperazine rings is 1. The van der Waals surface area contributed by atoms with E-state index in [1.54, 1.807) is 30.7 Å². The van der Waals surface area contributed by atoms with Gasteiger partial charge < -0.3 is 4.90 Å². The van der Waals surface area contributed by atoms with Crippen molar-refractivity contribution in [3.05, 3.63) is 59.9 Å². The molecule has 2 amide bonds. The lowest BCUT2D eigenvalue weighted by molar-refractivity contribution is -0.138. The number of amides is 2. The van der Waals surface area contributed by atoms with Crippen molar-refractivity contribution < 1.29 is 9.59 Å². The summed E-state index contributed by atoms with van der Waals surface area (Å²) in [6.45, 7) is 1.91. The van der Waals surface area contributed by atoms with Crippen molar-refractivity contribution in [3.8, 4) is 0 Å². The van der Waals surface area contributed by atoms with Crippen LogP contribution in [-0.2, 0) is 9.59 Å². The van der Waals surface area contributed by atoms with Crippen molar-refractivity contribution in [2.24, 2.45) is 5.10 Å². The third-order valence-corrected chi connectivity index (χ3v) is 3.57. The lowest BCUT2D eigenvalue weighted by Crippen LogP contribution is -2.52. The smallest absolute Gasteiger partial charge is 0.263 e. The highest BCUT2D eigenvalue weighted by atomic mass is 16.2. The molecule has 3 rings (SSSR count). The predicted octanol–water partition coefficient (Wildman–Crippen LogP) is 1.60. The maximum absolute atomic E-state index is 12.3. The van der Waals surface area contributed by atoms with Crippen LogP contribution in [0.1, 0.15) is 11.1 Å². The van der Waals surface area contributed by atoms with E-state index in [9.17, 15) is 9.59 Å². The second-order valence-corrected chi connectivity index (χ2v) is 5.29. The Bertz CT molecular complexity index is 741. The van der Waals surface area contributed by atoms with Crippen LogP contribution < -0.4 is 4.90 Å². The third kappa shape index (κ3) is 3.42. The van der Waals surface area contributed by atoms with E-state index in [2.05, 4.69) is 10.1 Å². The lowest BCUT2D eigenvalue weighted by atomic mass is 10.2. The maximum atomic E-state index is 12.3. The largest absolute Gasteiger partial charge is 0.301 e. The topological polar surface area (TPSA) is 65.9 Å². The van der Waals surface area contributed by atoms with E-state index in [0.29, 0.717) is 0 Å². The van der Waals surface area contributed by atoms with Gasteiger partial charge in [0.2, 0.25) is 5.91 Å². The molecule has 23 heavy (non-hydrogen) atoms. The molecule has 0 saturated carbocycles. The SMILES string of the molecule is Cc1ccc(N2CC(=O)N(/N=C\c3ccncc3)CC2=O)cc1. The van der Waals surface area contributed by atoms with E-state index < -0.39 is 0 Å². The molecule has 0 aliphatic carbocycles. The van der Waals surface area contributed by atoms with Gasteiger partial charge in [0.05, 0.1) is 6.21 Å². The van der Waals surface area contributed by atoms with Crippen LogP contribution in [0, 0.1) is 6.92 Å². The maximum Gasteiger partial charge on any atom is 0.263 e. The summed E-state index contributed by atoms with van der Waals surface area (Å²) in [4.78, 5) is 29.9. The van der Waals surface area contributed by atoms with Crippen LogP contribution in [0.15, 0.2) is 53.9 Å². The molecule has 2 aromatic rings. The Kier molecular flexibility index (Phi) is 4.14. The molecule has 0 N–H and O–H groups in total. The number of anilines is 1. The minimum atomic E-state index is -0.213. The van der Waals surface area contributed by atoms with Gasteiger partial charge >= 0.3 is 0 Å². The minimum absolute atomic E-state index is 0.00439. The van der Waals surface area contributed by atoms with Crippen molar-refractivity contribution in [1.29, 1.82) is 0 Å². The fourth-order valence-corrected chi connectivity index (χ4v) is 2.26. The fourth-order valence-electron chi connectivity index (χ4n) is 2.26. The summed E-state index contributed by atoms with van der Waals surface area (Å²) in [5.74, 6) is -0.365. The van der Waals surface area contributed by atoms with Crippen LogP contribution in [0.25, 0.3) is 0 Å². The highest BCUT2D eigenvalue weighted by Gasteiger charge is 2.30. The average molecular weight is 308 g/mol. The van der Waals surface area contributed by atoms with Gasteiger partial charge in [-0.05, 0) is 36.8 Å². The van der Waals surface area contributed by atoms with Gasteiger partial charge in [-0.1, -0.05) is 17.7 Å². The summed E-state index contributed by atoms with van der Waals surface area (Å²) >= 11 is 0.